The van der Waals surface area contributed by atoms with Gasteiger partial charge in [-0.25, -0.2) is 8.78 Å². The van der Waals surface area contributed by atoms with E-state index in [2.05, 4.69) is 6.07 Å². The Hall–Kier alpha value is -1.79. The average molecular weight is 337 g/mol. The monoisotopic (exact) mass is 337 g/mol. The van der Waals surface area contributed by atoms with Crippen molar-refractivity contribution in [3.63, 3.8) is 0 Å². The first-order valence-electron chi connectivity index (χ1n) is 7.40. The summed E-state index contributed by atoms with van der Waals surface area (Å²) in [4.78, 5) is 14.9. The average Bonchev–Trinajstić information content (AvgIpc) is 2.99. The summed E-state index contributed by atoms with van der Waals surface area (Å²) < 4.78 is 32.3. The number of amides is 1. The van der Waals surface area contributed by atoms with Gasteiger partial charge in [0, 0.05) is 30.1 Å². The molecule has 0 bridgehead atoms. The van der Waals surface area contributed by atoms with Crippen molar-refractivity contribution in [3.8, 4) is 0 Å². The first kappa shape index (κ1) is 16.1. The van der Waals surface area contributed by atoms with Crippen molar-refractivity contribution in [2.45, 2.75) is 25.5 Å². The van der Waals surface area contributed by atoms with Crippen molar-refractivity contribution in [1.82, 2.24) is 4.90 Å². The number of hydrogen-bond donors (Lipinski definition) is 0. The van der Waals surface area contributed by atoms with Crippen LogP contribution in [0.3, 0.4) is 0 Å². The van der Waals surface area contributed by atoms with Crippen molar-refractivity contribution in [2.75, 3.05) is 13.7 Å². The maximum atomic E-state index is 13.7. The quantitative estimate of drug-likeness (QED) is 0.852. The molecule has 0 fully saturated rings. The number of carbonyl (C=O) groups is 1. The molecule has 1 aromatic carbocycles. The molecule has 0 radical (unpaired) electrons. The molecule has 0 saturated carbocycles. The third kappa shape index (κ3) is 3.59. The molecule has 3 nitrogen and oxygen atoms in total. The lowest BCUT2D eigenvalue weighted by Crippen LogP contribution is -2.29. The van der Waals surface area contributed by atoms with Gasteiger partial charge < -0.3 is 9.64 Å². The van der Waals surface area contributed by atoms with E-state index in [0.717, 1.165) is 17.4 Å². The minimum absolute atomic E-state index is 0.106. The van der Waals surface area contributed by atoms with Gasteiger partial charge in [0.05, 0.1) is 13.0 Å². The molecule has 1 amide bonds. The highest BCUT2D eigenvalue weighted by atomic mass is 32.1. The zero-order valence-corrected chi connectivity index (χ0v) is 13.5. The molecule has 0 saturated heterocycles. The van der Waals surface area contributed by atoms with Gasteiger partial charge in [-0.3, -0.25) is 4.79 Å². The second kappa shape index (κ2) is 6.76. The van der Waals surface area contributed by atoms with Crippen molar-refractivity contribution in [2.24, 2.45) is 0 Å². The number of rotatable bonds is 4. The molecule has 1 aliphatic heterocycles. The van der Waals surface area contributed by atoms with Crippen LogP contribution in [0, 0.1) is 11.6 Å². The number of carbonyl (C=O) groups excluding carboxylic acids is 1. The number of nitrogens with zero attached hydrogens (tertiary/aromatic N) is 1. The van der Waals surface area contributed by atoms with Crippen LogP contribution in [0.1, 0.15) is 28.5 Å². The van der Waals surface area contributed by atoms with Crippen LogP contribution in [-0.4, -0.2) is 24.5 Å². The van der Waals surface area contributed by atoms with Crippen LogP contribution in [0.2, 0.25) is 0 Å². The van der Waals surface area contributed by atoms with Crippen molar-refractivity contribution in [3.05, 3.63) is 57.3 Å². The number of fused-ring (bicyclic) bond motifs is 1. The topological polar surface area (TPSA) is 29.5 Å². The van der Waals surface area contributed by atoms with Gasteiger partial charge in [0.15, 0.2) is 0 Å². The summed E-state index contributed by atoms with van der Waals surface area (Å²) in [6, 6.07) is 5.45. The van der Waals surface area contributed by atoms with Gasteiger partial charge in [-0.05, 0) is 29.5 Å². The highest BCUT2D eigenvalue weighted by Crippen LogP contribution is 2.34. The smallest absolute Gasteiger partial charge is 0.225 e. The predicted octanol–water partition coefficient (Wildman–Crippen LogP) is 3.69. The Morgan fingerprint density at radius 3 is 3.00 bits per heavy atom. The second-order valence-electron chi connectivity index (χ2n) is 5.61. The van der Waals surface area contributed by atoms with Crippen molar-refractivity contribution < 1.29 is 18.3 Å². The first-order valence-corrected chi connectivity index (χ1v) is 8.28. The van der Waals surface area contributed by atoms with Crippen LogP contribution >= 0.6 is 11.3 Å². The Labute approximate surface area is 137 Å². The number of hydrogen-bond acceptors (Lipinski definition) is 3. The first-order chi connectivity index (χ1) is 11.0. The number of ether oxygens (including phenoxy) is 1. The van der Waals surface area contributed by atoms with Gasteiger partial charge in [0.1, 0.15) is 17.7 Å². The Morgan fingerprint density at radius 2 is 2.22 bits per heavy atom. The summed E-state index contributed by atoms with van der Waals surface area (Å²) in [6.45, 7) is 0.715. The van der Waals surface area contributed by atoms with Crippen LogP contribution in [0.25, 0.3) is 0 Å². The highest BCUT2D eigenvalue weighted by molar-refractivity contribution is 7.10. The summed E-state index contributed by atoms with van der Waals surface area (Å²) >= 11 is 1.60. The van der Waals surface area contributed by atoms with E-state index in [0.29, 0.717) is 12.2 Å². The molecule has 1 aliphatic rings. The molecule has 0 aliphatic carbocycles. The zero-order chi connectivity index (χ0) is 16.4. The summed E-state index contributed by atoms with van der Waals surface area (Å²) in [6.07, 6.45) is 0.874. The maximum Gasteiger partial charge on any atom is 0.225 e. The molecule has 1 atom stereocenters. The van der Waals surface area contributed by atoms with Crippen molar-refractivity contribution in [1.29, 1.82) is 0 Å². The van der Waals surface area contributed by atoms with E-state index in [1.54, 1.807) is 18.4 Å². The molecule has 6 heteroatoms. The van der Waals surface area contributed by atoms with E-state index in [9.17, 15) is 13.6 Å². The highest BCUT2D eigenvalue weighted by Gasteiger charge is 2.26. The molecule has 23 heavy (non-hydrogen) atoms. The van der Waals surface area contributed by atoms with Gasteiger partial charge in [0.2, 0.25) is 5.91 Å². The lowest BCUT2D eigenvalue weighted by molar-refractivity contribution is -0.133. The molecule has 0 N–H and O–H groups in total. The van der Waals surface area contributed by atoms with Gasteiger partial charge in [-0.2, -0.15) is 0 Å². The largest absolute Gasteiger partial charge is 0.372 e. The number of benzene rings is 1. The third-order valence-electron chi connectivity index (χ3n) is 3.97. The van der Waals surface area contributed by atoms with Crippen LogP contribution < -0.4 is 0 Å². The van der Waals surface area contributed by atoms with E-state index in [4.69, 9.17) is 4.74 Å². The third-order valence-corrected chi connectivity index (χ3v) is 5.02. The van der Waals surface area contributed by atoms with Crippen molar-refractivity contribution >= 4 is 17.2 Å². The summed E-state index contributed by atoms with van der Waals surface area (Å²) in [5.41, 5.74) is 1.54. The number of halogens is 2. The molecular weight excluding hydrogens is 320 g/mol. The summed E-state index contributed by atoms with van der Waals surface area (Å²) in [5.74, 6) is -1.39. The maximum absolute atomic E-state index is 13.7. The molecular formula is C17H17F2NO2S. The van der Waals surface area contributed by atoms with E-state index >= 15 is 0 Å². The molecule has 0 unspecified atom stereocenters. The Morgan fingerprint density at radius 1 is 1.39 bits per heavy atom. The molecule has 3 rings (SSSR count). The summed E-state index contributed by atoms with van der Waals surface area (Å²) in [7, 11) is 1.61. The summed E-state index contributed by atoms with van der Waals surface area (Å²) in [5, 5.41) is 2.01. The van der Waals surface area contributed by atoms with E-state index < -0.39 is 11.6 Å². The van der Waals surface area contributed by atoms with Gasteiger partial charge in [-0.1, -0.05) is 6.07 Å². The Kier molecular flexibility index (Phi) is 4.73. The Balaban J connectivity index is 1.65. The van der Waals surface area contributed by atoms with Gasteiger partial charge >= 0.3 is 0 Å². The molecule has 2 heterocycles. The lowest BCUT2D eigenvalue weighted by Gasteiger charge is -2.25. The number of thiophene rings is 1. The molecule has 122 valence electrons. The Bertz CT molecular complexity index is 716. The van der Waals surface area contributed by atoms with E-state index in [-0.39, 0.29) is 25.0 Å². The second-order valence-corrected chi connectivity index (χ2v) is 6.56. The van der Waals surface area contributed by atoms with Crippen LogP contribution in [-0.2, 0) is 22.5 Å². The normalized spacial score (nSPS) is 16.9. The fraction of sp³-hybridized carbons (Fsp3) is 0.353. The zero-order valence-electron chi connectivity index (χ0n) is 12.7. The standard InChI is InChI=1S/C17H17F2NO2S/c1-20(10-12-2-3-13(18)8-14(12)19)16(21)9-15-17-11(4-6-22-15)5-7-23-17/h2-3,5,7-8,15H,4,6,9-10H2,1H3/t15-/m0/s1. The van der Waals surface area contributed by atoms with Gasteiger partial charge in [-0.15, -0.1) is 11.3 Å². The molecule has 0 spiro atoms. The minimum atomic E-state index is -0.640. The minimum Gasteiger partial charge on any atom is -0.372 e. The van der Waals surface area contributed by atoms with Crippen LogP contribution in [0.5, 0.6) is 0 Å². The van der Waals surface area contributed by atoms with Gasteiger partial charge in [0.25, 0.3) is 0 Å². The van der Waals surface area contributed by atoms with E-state index in [1.807, 2.05) is 5.38 Å². The lowest BCUT2D eigenvalue weighted by atomic mass is 10.0. The SMILES string of the molecule is CN(Cc1ccc(F)cc1F)C(=O)C[C@@H]1OCCc2ccsc21. The van der Waals surface area contributed by atoms with Crippen LogP contribution in [0.4, 0.5) is 8.78 Å². The molecule has 2 aromatic rings. The molecule has 1 aromatic heterocycles. The fourth-order valence-corrected chi connectivity index (χ4v) is 3.69. The van der Waals surface area contributed by atoms with E-state index in [1.165, 1.54) is 22.6 Å². The fourth-order valence-electron chi connectivity index (χ4n) is 2.68. The predicted molar refractivity (Wildman–Crippen MR) is 84.2 cm³/mol. The van der Waals surface area contributed by atoms with Crippen LogP contribution in [0.15, 0.2) is 29.6 Å².